The van der Waals surface area contributed by atoms with E-state index in [1.54, 1.807) is 32.4 Å². The van der Waals surface area contributed by atoms with Gasteiger partial charge in [-0.25, -0.2) is 9.97 Å². The second-order valence-electron chi connectivity index (χ2n) is 6.15. The molecule has 4 rings (SSSR count). The van der Waals surface area contributed by atoms with Crippen molar-refractivity contribution in [3.05, 3.63) is 71.6 Å². The van der Waals surface area contributed by atoms with Gasteiger partial charge in [-0.15, -0.1) is 4.91 Å². The van der Waals surface area contributed by atoms with Crippen LogP contribution >= 0.6 is 0 Å². The highest BCUT2D eigenvalue weighted by molar-refractivity contribution is 5.87. The Morgan fingerprint density at radius 3 is 1.82 bits per heavy atom. The van der Waals surface area contributed by atoms with Crippen molar-refractivity contribution in [1.82, 2.24) is 9.97 Å². The maximum absolute atomic E-state index is 10.9. The summed E-state index contributed by atoms with van der Waals surface area (Å²) in [5.41, 5.74) is 4.72. The van der Waals surface area contributed by atoms with Crippen LogP contribution in [0.1, 0.15) is 0 Å². The maximum Gasteiger partial charge on any atom is 0.119 e. The molecule has 138 valence electrons. The Morgan fingerprint density at radius 2 is 1.29 bits per heavy atom. The number of rotatable bonds is 5. The second kappa shape index (κ2) is 7.44. The molecule has 0 radical (unpaired) electrons. The Labute approximate surface area is 161 Å². The SMILES string of the molecule is COc1cccc(-c2nc3ccc(N=O)cc3nc2-c2cccc(OC)c2)c1. The standard InChI is InChI=1S/C22H17N3O3/c1-27-17-7-3-5-14(11-17)21-22(15-6-4-8-18(12-15)28-2)24-20-13-16(25-26)9-10-19(20)23-21/h3-13H,1-2H3. The van der Waals surface area contributed by atoms with E-state index in [2.05, 4.69) is 5.18 Å². The van der Waals surface area contributed by atoms with Crippen LogP contribution in [0.3, 0.4) is 0 Å². The van der Waals surface area contributed by atoms with Crippen LogP contribution in [-0.2, 0) is 0 Å². The van der Waals surface area contributed by atoms with Gasteiger partial charge in [-0.3, -0.25) is 0 Å². The lowest BCUT2D eigenvalue weighted by atomic mass is 10.0. The van der Waals surface area contributed by atoms with Crippen molar-refractivity contribution in [2.24, 2.45) is 5.18 Å². The summed E-state index contributed by atoms with van der Waals surface area (Å²) in [5, 5.41) is 3.00. The van der Waals surface area contributed by atoms with Crippen LogP contribution in [0, 0.1) is 4.91 Å². The van der Waals surface area contributed by atoms with Crippen molar-refractivity contribution < 1.29 is 9.47 Å². The minimum atomic E-state index is 0.313. The van der Waals surface area contributed by atoms with E-state index in [4.69, 9.17) is 19.4 Å². The first-order valence-electron chi connectivity index (χ1n) is 8.66. The zero-order chi connectivity index (χ0) is 19.5. The zero-order valence-corrected chi connectivity index (χ0v) is 15.4. The molecular weight excluding hydrogens is 354 g/mol. The number of fused-ring (bicyclic) bond motifs is 1. The van der Waals surface area contributed by atoms with Gasteiger partial charge in [-0.2, -0.15) is 0 Å². The quantitative estimate of drug-likeness (QED) is 0.440. The average Bonchev–Trinajstić information content (AvgIpc) is 2.77. The highest BCUT2D eigenvalue weighted by Crippen LogP contribution is 2.34. The molecule has 0 aliphatic heterocycles. The van der Waals surface area contributed by atoms with E-state index in [1.165, 1.54) is 0 Å². The third-order valence-corrected chi connectivity index (χ3v) is 4.44. The van der Waals surface area contributed by atoms with Gasteiger partial charge in [0.25, 0.3) is 0 Å². The monoisotopic (exact) mass is 371 g/mol. The van der Waals surface area contributed by atoms with Gasteiger partial charge in [0, 0.05) is 11.1 Å². The van der Waals surface area contributed by atoms with Gasteiger partial charge < -0.3 is 9.47 Å². The van der Waals surface area contributed by atoms with Crippen molar-refractivity contribution in [2.75, 3.05) is 14.2 Å². The molecule has 4 aromatic rings. The summed E-state index contributed by atoms with van der Waals surface area (Å²) >= 11 is 0. The highest BCUT2D eigenvalue weighted by atomic mass is 16.5. The molecule has 1 heterocycles. The first kappa shape index (κ1) is 17.6. The molecule has 6 nitrogen and oxygen atoms in total. The normalized spacial score (nSPS) is 10.6. The fourth-order valence-corrected chi connectivity index (χ4v) is 3.04. The van der Waals surface area contributed by atoms with Gasteiger partial charge in [0.05, 0.1) is 36.6 Å². The third-order valence-electron chi connectivity index (χ3n) is 4.44. The molecule has 0 amide bonds. The number of hydrogen-bond acceptors (Lipinski definition) is 6. The Balaban J connectivity index is 2.01. The molecule has 0 bridgehead atoms. The summed E-state index contributed by atoms with van der Waals surface area (Å²) in [7, 11) is 3.25. The maximum atomic E-state index is 10.9. The lowest BCUT2D eigenvalue weighted by Gasteiger charge is -2.12. The van der Waals surface area contributed by atoms with E-state index < -0.39 is 0 Å². The summed E-state index contributed by atoms with van der Waals surface area (Å²) < 4.78 is 10.7. The summed E-state index contributed by atoms with van der Waals surface area (Å²) in [6.45, 7) is 0. The van der Waals surface area contributed by atoms with Crippen molar-refractivity contribution in [3.63, 3.8) is 0 Å². The minimum absolute atomic E-state index is 0.313. The first-order chi connectivity index (χ1) is 13.7. The smallest absolute Gasteiger partial charge is 0.119 e. The second-order valence-corrected chi connectivity index (χ2v) is 6.15. The van der Waals surface area contributed by atoms with Crippen LogP contribution < -0.4 is 9.47 Å². The van der Waals surface area contributed by atoms with Gasteiger partial charge in [0.2, 0.25) is 0 Å². The van der Waals surface area contributed by atoms with E-state index in [-0.39, 0.29) is 0 Å². The van der Waals surface area contributed by atoms with Gasteiger partial charge in [-0.1, -0.05) is 24.3 Å². The predicted octanol–water partition coefficient (Wildman–Crippen LogP) is 5.38. The van der Waals surface area contributed by atoms with Crippen LogP contribution in [0.15, 0.2) is 71.9 Å². The van der Waals surface area contributed by atoms with Crippen molar-refractivity contribution in [1.29, 1.82) is 0 Å². The van der Waals surface area contributed by atoms with Crippen molar-refractivity contribution in [3.8, 4) is 34.0 Å². The molecule has 0 unspecified atom stereocenters. The number of hydrogen-bond donors (Lipinski definition) is 0. The van der Waals surface area contributed by atoms with E-state index in [1.807, 2.05) is 48.5 Å². The van der Waals surface area contributed by atoms with Gasteiger partial charge in [-0.05, 0) is 47.6 Å². The van der Waals surface area contributed by atoms with Crippen molar-refractivity contribution in [2.45, 2.75) is 0 Å². The molecule has 28 heavy (non-hydrogen) atoms. The van der Waals surface area contributed by atoms with Crippen LogP contribution in [0.2, 0.25) is 0 Å². The molecule has 0 fully saturated rings. The number of methoxy groups -OCH3 is 2. The molecule has 0 aliphatic carbocycles. The fraction of sp³-hybridized carbons (Fsp3) is 0.0909. The van der Waals surface area contributed by atoms with Crippen LogP contribution in [0.5, 0.6) is 11.5 Å². The molecule has 6 heteroatoms. The van der Waals surface area contributed by atoms with Crippen LogP contribution in [-0.4, -0.2) is 24.2 Å². The van der Waals surface area contributed by atoms with E-state index in [9.17, 15) is 4.91 Å². The molecule has 1 aromatic heterocycles. The minimum Gasteiger partial charge on any atom is -0.497 e. The Morgan fingerprint density at radius 1 is 0.714 bits per heavy atom. The van der Waals surface area contributed by atoms with Gasteiger partial charge in [0.1, 0.15) is 17.2 Å². The lowest BCUT2D eigenvalue weighted by molar-refractivity contribution is 0.415. The van der Waals surface area contributed by atoms with Crippen molar-refractivity contribution >= 4 is 16.7 Å². The number of nitrogens with zero attached hydrogens (tertiary/aromatic N) is 3. The van der Waals surface area contributed by atoms with Gasteiger partial charge >= 0.3 is 0 Å². The number of nitroso groups, excluding NO2 is 1. The molecular formula is C22H17N3O3. The summed E-state index contributed by atoms with van der Waals surface area (Å²) in [5.74, 6) is 1.45. The van der Waals surface area contributed by atoms with Crippen LogP contribution in [0.25, 0.3) is 33.5 Å². The molecule has 0 saturated carbocycles. The van der Waals surface area contributed by atoms with Crippen LogP contribution in [0.4, 0.5) is 5.69 Å². The highest BCUT2D eigenvalue weighted by Gasteiger charge is 2.15. The van der Waals surface area contributed by atoms with E-state index in [0.717, 1.165) is 22.6 Å². The molecule has 0 aliphatic rings. The molecule has 0 atom stereocenters. The molecule has 0 N–H and O–H groups in total. The molecule has 3 aromatic carbocycles. The third kappa shape index (κ3) is 3.27. The lowest BCUT2D eigenvalue weighted by Crippen LogP contribution is -1.96. The Bertz CT molecular complexity index is 1170. The zero-order valence-electron chi connectivity index (χ0n) is 15.4. The summed E-state index contributed by atoms with van der Waals surface area (Å²) in [6.07, 6.45) is 0. The number of aromatic nitrogens is 2. The fourth-order valence-electron chi connectivity index (χ4n) is 3.04. The number of benzene rings is 3. The first-order valence-corrected chi connectivity index (χ1v) is 8.66. The topological polar surface area (TPSA) is 73.7 Å². The molecule has 0 spiro atoms. The average molecular weight is 371 g/mol. The Hall–Kier alpha value is -3.80. The Kier molecular flexibility index (Phi) is 4.68. The van der Waals surface area contributed by atoms with Gasteiger partial charge in [0.15, 0.2) is 0 Å². The number of ether oxygens (including phenoxy) is 2. The summed E-state index contributed by atoms with van der Waals surface area (Å²) in [4.78, 5) is 20.5. The van der Waals surface area contributed by atoms with E-state index >= 15 is 0 Å². The predicted molar refractivity (Wildman–Crippen MR) is 109 cm³/mol. The summed E-state index contributed by atoms with van der Waals surface area (Å²) in [6, 6.07) is 20.3. The molecule has 0 saturated heterocycles. The van der Waals surface area contributed by atoms with E-state index in [0.29, 0.717) is 28.1 Å². The largest absolute Gasteiger partial charge is 0.497 e.